The summed E-state index contributed by atoms with van der Waals surface area (Å²) >= 11 is 0. The van der Waals surface area contributed by atoms with Crippen LogP contribution in [0.1, 0.15) is 35.4 Å². The smallest absolute Gasteiger partial charge is 0.123 e. The topological polar surface area (TPSA) is 30.5 Å². The number of nitrogens with one attached hydrogen (secondary N) is 1. The van der Waals surface area contributed by atoms with Gasteiger partial charge >= 0.3 is 0 Å². The third-order valence-corrected chi connectivity index (χ3v) is 5.75. The maximum absolute atomic E-state index is 13.0. The van der Waals surface area contributed by atoms with Crippen molar-refractivity contribution in [3.63, 3.8) is 0 Å². The number of rotatable bonds is 6. The van der Waals surface area contributed by atoms with Crippen molar-refractivity contribution in [1.29, 1.82) is 0 Å². The van der Waals surface area contributed by atoms with Gasteiger partial charge < -0.3 is 14.8 Å². The molecule has 0 unspecified atom stereocenters. The molecule has 1 fully saturated rings. The van der Waals surface area contributed by atoms with Gasteiger partial charge in [-0.1, -0.05) is 12.1 Å². The number of benzene rings is 2. The Kier molecular flexibility index (Phi) is 5.11. The molecular weight excluding hydrogens is 329 g/mol. The van der Waals surface area contributed by atoms with Crippen LogP contribution in [0.25, 0.3) is 0 Å². The molecule has 0 amide bonds. The summed E-state index contributed by atoms with van der Waals surface area (Å²) in [7, 11) is 1.75. The molecule has 2 aromatic rings. The summed E-state index contributed by atoms with van der Waals surface area (Å²) in [6, 6.07) is 10.8. The Labute approximate surface area is 154 Å². The SMILES string of the molecule is COc1ccc(OCCCc2ccc(F)cc2)c2c1CC[C@H]1CNC[C@@H]21. The molecular formula is C22H26FNO2. The lowest BCUT2D eigenvalue weighted by molar-refractivity contribution is 0.298. The van der Waals surface area contributed by atoms with Crippen LogP contribution in [0.2, 0.25) is 0 Å². The number of fused-ring (bicyclic) bond motifs is 3. The van der Waals surface area contributed by atoms with E-state index in [1.807, 2.05) is 18.2 Å². The summed E-state index contributed by atoms with van der Waals surface area (Å²) in [6.45, 7) is 2.79. The van der Waals surface area contributed by atoms with Gasteiger partial charge in [0.25, 0.3) is 0 Å². The highest BCUT2D eigenvalue weighted by molar-refractivity contribution is 5.52. The van der Waals surface area contributed by atoms with Crippen LogP contribution >= 0.6 is 0 Å². The molecule has 3 nitrogen and oxygen atoms in total. The molecule has 1 aliphatic carbocycles. The number of hydrogen-bond acceptors (Lipinski definition) is 3. The van der Waals surface area contributed by atoms with Crippen LogP contribution in [0.4, 0.5) is 4.39 Å². The van der Waals surface area contributed by atoms with E-state index in [2.05, 4.69) is 11.4 Å². The fourth-order valence-corrected chi connectivity index (χ4v) is 4.42. The van der Waals surface area contributed by atoms with Gasteiger partial charge in [0.15, 0.2) is 0 Å². The Morgan fingerprint density at radius 2 is 1.88 bits per heavy atom. The molecule has 4 rings (SSSR count). The second-order valence-corrected chi connectivity index (χ2v) is 7.30. The Hall–Kier alpha value is -2.07. The van der Waals surface area contributed by atoms with Gasteiger partial charge in [-0.25, -0.2) is 4.39 Å². The van der Waals surface area contributed by atoms with E-state index in [4.69, 9.17) is 9.47 Å². The summed E-state index contributed by atoms with van der Waals surface area (Å²) in [5, 5.41) is 3.54. The average Bonchev–Trinajstić information content (AvgIpc) is 3.15. The van der Waals surface area contributed by atoms with Gasteiger partial charge in [-0.05, 0) is 68.0 Å². The molecule has 4 heteroatoms. The maximum Gasteiger partial charge on any atom is 0.123 e. The first-order chi connectivity index (χ1) is 12.8. The van der Waals surface area contributed by atoms with E-state index in [1.54, 1.807) is 7.11 Å². The molecule has 138 valence electrons. The number of methoxy groups -OCH3 is 1. The van der Waals surface area contributed by atoms with E-state index in [-0.39, 0.29) is 5.82 Å². The molecule has 0 spiro atoms. The van der Waals surface area contributed by atoms with E-state index in [9.17, 15) is 4.39 Å². The van der Waals surface area contributed by atoms with Crippen molar-refractivity contribution in [3.8, 4) is 11.5 Å². The highest BCUT2D eigenvalue weighted by Gasteiger charge is 2.36. The fraction of sp³-hybridized carbons (Fsp3) is 0.455. The second-order valence-electron chi connectivity index (χ2n) is 7.30. The lowest BCUT2D eigenvalue weighted by Crippen LogP contribution is -2.21. The standard InChI is InChI=1S/C22H26FNO2/c1-25-20-10-11-21(22-18(20)9-6-16-13-24-14-19(16)22)26-12-2-3-15-4-7-17(23)8-5-15/h4-5,7-8,10-11,16,19,24H,2-3,6,9,12-14H2,1H3/t16-,19+/m0/s1. The molecule has 0 aromatic heterocycles. The minimum Gasteiger partial charge on any atom is -0.496 e. The minimum atomic E-state index is -0.186. The van der Waals surface area contributed by atoms with Gasteiger partial charge in [0.05, 0.1) is 13.7 Å². The fourth-order valence-electron chi connectivity index (χ4n) is 4.42. The van der Waals surface area contributed by atoms with E-state index >= 15 is 0 Å². The van der Waals surface area contributed by atoms with E-state index in [0.717, 1.165) is 49.4 Å². The molecule has 1 saturated heterocycles. The highest BCUT2D eigenvalue weighted by atomic mass is 19.1. The predicted octanol–water partition coefficient (Wildman–Crippen LogP) is 4.10. The van der Waals surface area contributed by atoms with Gasteiger partial charge in [0.1, 0.15) is 17.3 Å². The summed E-state index contributed by atoms with van der Waals surface area (Å²) in [5.41, 5.74) is 3.83. The van der Waals surface area contributed by atoms with Crippen LogP contribution < -0.4 is 14.8 Å². The zero-order valence-electron chi connectivity index (χ0n) is 15.3. The Bertz CT molecular complexity index is 759. The van der Waals surface area contributed by atoms with Crippen molar-refractivity contribution in [2.75, 3.05) is 26.8 Å². The number of halogens is 1. The summed E-state index contributed by atoms with van der Waals surface area (Å²) in [5.74, 6) is 3.05. The molecule has 2 aliphatic rings. The average molecular weight is 355 g/mol. The van der Waals surface area contributed by atoms with Gasteiger partial charge in [0, 0.05) is 23.6 Å². The first-order valence-corrected chi connectivity index (χ1v) is 9.54. The van der Waals surface area contributed by atoms with Crippen LogP contribution in [0.3, 0.4) is 0 Å². The first kappa shape index (κ1) is 17.3. The van der Waals surface area contributed by atoms with E-state index in [0.29, 0.717) is 18.4 Å². The predicted molar refractivity (Wildman–Crippen MR) is 101 cm³/mol. The van der Waals surface area contributed by atoms with Crippen molar-refractivity contribution in [3.05, 3.63) is 58.9 Å². The summed E-state index contributed by atoms with van der Waals surface area (Å²) in [6.07, 6.45) is 4.09. The lowest BCUT2D eigenvalue weighted by atomic mass is 9.76. The van der Waals surface area contributed by atoms with Crippen molar-refractivity contribution >= 4 is 0 Å². The van der Waals surface area contributed by atoms with Crippen molar-refractivity contribution in [2.24, 2.45) is 5.92 Å². The van der Waals surface area contributed by atoms with Crippen molar-refractivity contribution in [2.45, 2.75) is 31.6 Å². The second kappa shape index (κ2) is 7.67. The normalized spacial score (nSPS) is 21.2. The summed E-state index contributed by atoms with van der Waals surface area (Å²) < 4.78 is 24.8. The number of aryl methyl sites for hydroxylation is 1. The first-order valence-electron chi connectivity index (χ1n) is 9.54. The third-order valence-electron chi connectivity index (χ3n) is 5.75. The number of hydrogen-bond donors (Lipinski definition) is 1. The van der Waals surface area contributed by atoms with Crippen LogP contribution in [0, 0.1) is 11.7 Å². The zero-order valence-corrected chi connectivity index (χ0v) is 15.3. The van der Waals surface area contributed by atoms with E-state index < -0.39 is 0 Å². The van der Waals surface area contributed by atoms with E-state index in [1.165, 1.54) is 29.7 Å². The highest BCUT2D eigenvalue weighted by Crippen LogP contribution is 2.46. The lowest BCUT2D eigenvalue weighted by Gasteiger charge is -2.30. The maximum atomic E-state index is 13.0. The molecule has 0 bridgehead atoms. The number of ether oxygens (including phenoxy) is 2. The van der Waals surface area contributed by atoms with Crippen LogP contribution in [-0.2, 0) is 12.8 Å². The van der Waals surface area contributed by atoms with Gasteiger partial charge in [-0.2, -0.15) is 0 Å². The quantitative estimate of drug-likeness (QED) is 0.792. The van der Waals surface area contributed by atoms with Gasteiger partial charge in [-0.15, -0.1) is 0 Å². The Morgan fingerprint density at radius 1 is 1.08 bits per heavy atom. The molecule has 26 heavy (non-hydrogen) atoms. The molecule has 2 aromatic carbocycles. The molecule has 0 radical (unpaired) electrons. The molecule has 2 atom stereocenters. The van der Waals surface area contributed by atoms with Gasteiger partial charge in [-0.3, -0.25) is 0 Å². The Balaban J connectivity index is 1.45. The zero-order chi connectivity index (χ0) is 17.9. The van der Waals surface area contributed by atoms with Crippen LogP contribution in [-0.4, -0.2) is 26.8 Å². The summed E-state index contributed by atoms with van der Waals surface area (Å²) in [4.78, 5) is 0. The van der Waals surface area contributed by atoms with Crippen molar-refractivity contribution in [1.82, 2.24) is 5.32 Å². The van der Waals surface area contributed by atoms with Gasteiger partial charge in [0.2, 0.25) is 0 Å². The molecule has 0 saturated carbocycles. The Morgan fingerprint density at radius 3 is 2.69 bits per heavy atom. The monoisotopic (exact) mass is 355 g/mol. The minimum absolute atomic E-state index is 0.186. The van der Waals surface area contributed by atoms with Crippen molar-refractivity contribution < 1.29 is 13.9 Å². The third kappa shape index (κ3) is 3.43. The van der Waals surface area contributed by atoms with Crippen LogP contribution in [0.5, 0.6) is 11.5 Å². The largest absolute Gasteiger partial charge is 0.496 e. The molecule has 1 N–H and O–H groups in total. The van der Waals surface area contributed by atoms with Crippen LogP contribution in [0.15, 0.2) is 36.4 Å². The molecule has 1 aliphatic heterocycles. The molecule has 1 heterocycles.